The van der Waals surface area contributed by atoms with E-state index in [1.54, 1.807) is 4.90 Å². The zero-order valence-corrected chi connectivity index (χ0v) is 11.7. The van der Waals surface area contributed by atoms with E-state index in [0.717, 1.165) is 12.8 Å². The minimum absolute atomic E-state index is 0.0232. The van der Waals surface area contributed by atoms with E-state index in [-0.39, 0.29) is 22.7 Å². The molecule has 0 aromatic heterocycles. The van der Waals surface area contributed by atoms with Crippen LogP contribution < -0.4 is 0 Å². The third-order valence-corrected chi connectivity index (χ3v) is 5.34. The van der Waals surface area contributed by atoms with Crippen LogP contribution in [0, 0.1) is 16.7 Å². The SMILES string of the molecule is CC1(C)C(C(=O)N2CCCC[C@H]2C(=O)O)C1(C)C. The lowest BCUT2D eigenvalue weighted by atomic mass is 10.0. The number of hydrogen-bond acceptors (Lipinski definition) is 2. The molecule has 18 heavy (non-hydrogen) atoms. The summed E-state index contributed by atoms with van der Waals surface area (Å²) in [4.78, 5) is 25.4. The van der Waals surface area contributed by atoms with Crippen molar-refractivity contribution >= 4 is 11.9 Å². The molecule has 1 aliphatic heterocycles. The Morgan fingerprint density at radius 3 is 2.11 bits per heavy atom. The molecule has 0 radical (unpaired) electrons. The van der Waals surface area contributed by atoms with E-state index in [2.05, 4.69) is 27.7 Å². The average molecular weight is 253 g/mol. The molecule has 4 heteroatoms. The summed E-state index contributed by atoms with van der Waals surface area (Å²) in [6, 6.07) is -0.613. The average Bonchev–Trinajstić information content (AvgIpc) is 2.68. The summed E-state index contributed by atoms with van der Waals surface area (Å²) >= 11 is 0. The maximum absolute atomic E-state index is 12.6. The van der Waals surface area contributed by atoms with Crippen LogP contribution in [0.3, 0.4) is 0 Å². The number of carboxylic acid groups (broad SMARTS) is 1. The predicted molar refractivity (Wildman–Crippen MR) is 68.0 cm³/mol. The van der Waals surface area contributed by atoms with Crippen LogP contribution in [0.15, 0.2) is 0 Å². The lowest BCUT2D eigenvalue weighted by molar-refractivity contribution is -0.153. The van der Waals surface area contributed by atoms with Gasteiger partial charge in [0, 0.05) is 12.5 Å². The first kappa shape index (κ1) is 13.4. The fourth-order valence-electron chi connectivity index (χ4n) is 3.43. The maximum Gasteiger partial charge on any atom is 0.326 e. The van der Waals surface area contributed by atoms with Crippen molar-refractivity contribution in [2.75, 3.05) is 6.54 Å². The van der Waals surface area contributed by atoms with Gasteiger partial charge in [0.2, 0.25) is 5.91 Å². The summed E-state index contributed by atoms with van der Waals surface area (Å²) in [5.74, 6) is -0.860. The number of amides is 1. The lowest BCUT2D eigenvalue weighted by Crippen LogP contribution is -2.49. The van der Waals surface area contributed by atoms with E-state index >= 15 is 0 Å². The highest BCUT2D eigenvalue weighted by Gasteiger charge is 2.69. The number of likely N-dealkylation sites (tertiary alicyclic amines) is 1. The maximum atomic E-state index is 12.6. The molecular weight excluding hydrogens is 230 g/mol. The second kappa shape index (κ2) is 3.97. The van der Waals surface area contributed by atoms with Crippen LogP contribution in [0.5, 0.6) is 0 Å². The van der Waals surface area contributed by atoms with Crippen molar-refractivity contribution in [2.45, 2.75) is 53.0 Å². The highest BCUT2D eigenvalue weighted by molar-refractivity contribution is 5.88. The smallest absolute Gasteiger partial charge is 0.326 e. The number of rotatable bonds is 2. The van der Waals surface area contributed by atoms with Gasteiger partial charge >= 0.3 is 5.97 Å². The molecule has 4 nitrogen and oxygen atoms in total. The van der Waals surface area contributed by atoms with E-state index in [0.29, 0.717) is 13.0 Å². The summed E-state index contributed by atoms with van der Waals surface area (Å²) in [6.45, 7) is 8.97. The van der Waals surface area contributed by atoms with Gasteiger partial charge in [-0.15, -0.1) is 0 Å². The highest BCUT2D eigenvalue weighted by Crippen LogP contribution is 2.68. The summed E-state index contributed by atoms with van der Waals surface area (Å²) in [5.41, 5.74) is -0.0465. The fraction of sp³-hybridized carbons (Fsp3) is 0.857. The number of carboxylic acids is 1. The Labute approximate surface area is 108 Å². The zero-order chi connectivity index (χ0) is 13.7. The largest absolute Gasteiger partial charge is 0.480 e. The van der Waals surface area contributed by atoms with Gasteiger partial charge in [0.15, 0.2) is 0 Å². The quantitative estimate of drug-likeness (QED) is 0.820. The minimum Gasteiger partial charge on any atom is -0.480 e. The third-order valence-electron chi connectivity index (χ3n) is 5.34. The molecule has 1 saturated heterocycles. The van der Waals surface area contributed by atoms with Crippen molar-refractivity contribution in [1.82, 2.24) is 4.90 Å². The molecule has 1 N–H and O–H groups in total. The van der Waals surface area contributed by atoms with Crippen molar-refractivity contribution in [3.05, 3.63) is 0 Å². The standard InChI is InChI=1S/C14H23NO3/c1-13(2)10(14(13,3)4)11(16)15-8-6-5-7-9(15)12(17)18/h9-10H,5-8H2,1-4H3,(H,17,18)/t9-/m0/s1. The third kappa shape index (κ3) is 1.73. The molecule has 0 spiro atoms. The second-order valence-corrected chi connectivity index (χ2v) is 6.76. The lowest BCUT2D eigenvalue weighted by Gasteiger charge is -2.33. The Kier molecular flexibility index (Phi) is 2.95. The van der Waals surface area contributed by atoms with Crippen molar-refractivity contribution in [1.29, 1.82) is 0 Å². The van der Waals surface area contributed by atoms with Gasteiger partial charge in [-0.3, -0.25) is 4.79 Å². The predicted octanol–water partition coefficient (Wildman–Crippen LogP) is 2.13. The van der Waals surface area contributed by atoms with Crippen molar-refractivity contribution in [2.24, 2.45) is 16.7 Å². The van der Waals surface area contributed by atoms with Crippen LogP contribution in [0.4, 0.5) is 0 Å². The molecule has 2 aliphatic rings. The van der Waals surface area contributed by atoms with Gasteiger partial charge in [0.25, 0.3) is 0 Å². The number of carbonyl (C=O) groups excluding carboxylic acids is 1. The Bertz CT molecular complexity index is 373. The van der Waals surface area contributed by atoms with E-state index in [4.69, 9.17) is 0 Å². The number of nitrogens with zero attached hydrogens (tertiary/aromatic N) is 1. The minimum atomic E-state index is -0.862. The van der Waals surface area contributed by atoms with Crippen LogP contribution >= 0.6 is 0 Å². The number of aliphatic carboxylic acids is 1. The van der Waals surface area contributed by atoms with Crippen molar-refractivity contribution in [3.8, 4) is 0 Å². The molecule has 1 amide bonds. The summed E-state index contributed by atoms with van der Waals surface area (Å²) in [6.07, 6.45) is 2.41. The molecular formula is C14H23NO3. The summed E-state index contributed by atoms with van der Waals surface area (Å²) in [5, 5.41) is 9.23. The topological polar surface area (TPSA) is 57.6 Å². The van der Waals surface area contributed by atoms with E-state index in [9.17, 15) is 14.7 Å². The summed E-state index contributed by atoms with van der Waals surface area (Å²) < 4.78 is 0. The Morgan fingerprint density at radius 2 is 1.67 bits per heavy atom. The number of carbonyl (C=O) groups is 2. The first-order valence-electron chi connectivity index (χ1n) is 6.74. The Hall–Kier alpha value is -1.06. The van der Waals surface area contributed by atoms with Crippen LogP contribution in [0.2, 0.25) is 0 Å². The van der Waals surface area contributed by atoms with Crippen LogP contribution in [0.1, 0.15) is 47.0 Å². The van der Waals surface area contributed by atoms with Gasteiger partial charge in [0.05, 0.1) is 0 Å². The van der Waals surface area contributed by atoms with Gasteiger partial charge in [-0.05, 0) is 30.1 Å². The fourth-order valence-corrected chi connectivity index (χ4v) is 3.43. The first-order valence-corrected chi connectivity index (χ1v) is 6.74. The van der Waals surface area contributed by atoms with E-state index in [1.807, 2.05) is 0 Å². The molecule has 1 saturated carbocycles. The number of piperidine rings is 1. The molecule has 1 atom stereocenters. The Balaban J connectivity index is 2.16. The van der Waals surface area contributed by atoms with Gasteiger partial charge < -0.3 is 10.0 Å². The first-order chi connectivity index (χ1) is 8.21. The molecule has 2 fully saturated rings. The molecule has 102 valence electrons. The monoisotopic (exact) mass is 253 g/mol. The molecule has 0 aromatic carbocycles. The summed E-state index contributed by atoms with van der Waals surface area (Å²) in [7, 11) is 0. The molecule has 1 aliphatic carbocycles. The molecule has 0 unspecified atom stereocenters. The van der Waals surface area contributed by atoms with Gasteiger partial charge in [-0.2, -0.15) is 0 Å². The highest BCUT2D eigenvalue weighted by atomic mass is 16.4. The van der Waals surface area contributed by atoms with Crippen molar-refractivity contribution < 1.29 is 14.7 Å². The van der Waals surface area contributed by atoms with Crippen molar-refractivity contribution in [3.63, 3.8) is 0 Å². The van der Waals surface area contributed by atoms with Crippen LogP contribution in [-0.4, -0.2) is 34.5 Å². The Morgan fingerprint density at radius 1 is 1.11 bits per heavy atom. The van der Waals surface area contributed by atoms with Crippen LogP contribution in [0.25, 0.3) is 0 Å². The molecule has 2 rings (SSSR count). The van der Waals surface area contributed by atoms with E-state index < -0.39 is 12.0 Å². The number of hydrogen-bond donors (Lipinski definition) is 1. The second-order valence-electron chi connectivity index (χ2n) is 6.76. The van der Waals surface area contributed by atoms with Crippen LogP contribution in [-0.2, 0) is 9.59 Å². The van der Waals surface area contributed by atoms with Gasteiger partial charge in [-0.25, -0.2) is 4.79 Å². The normalized spacial score (nSPS) is 30.0. The van der Waals surface area contributed by atoms with Gasteiger partial charge in [0.1, 0.15) is 6.04 Å². The van der Waals surface area contributed by atoms with Gasteiger partial charge in [-0.1, -0.05) is 27.7 Å². The molecule has 1 heterocycles. The molecule has 0 bridgehead atoms. The van der Waals surface area contributed by atoms with E-state index in [1.165, 1.54) is 0 Å². The zero-order valence-electron chi connectivity index (χ0n) is 11.7. The molecule has 0 aromatic rings.